The van der Waals surface area contributed by atoms with Crippen molar-refractivity contribution in [3.8, 4) is 0 Å². The van der Waals surface area contributed by atoms with Crippen molar-refractivity contribution in [2.45, 2.75) is 58.6 Å². The molecule has 2 atom stereocenters. The molecular weight excluding hydrogens is 222 g/mol. The predicted molar refractivity (Wildman–Crippen MR) is 61.0 cm³/mol. The smallest absolute Gasteiger partial charge is 0.305 e. The number of hydrogen-bond donors (Lipinski definition) is 0. The van der Waals surface area contributed by atoms with E-state index >= 15 is 0 Å². The number of esters is 1. The van der Waals surface area contributed by atoms with Gasteiger partial charge in [0.05, 0.1) is 6.04 Å². The van der Waals surface area contributed by atoms with Crippen molar-refractivity contribution >= 4 is 17.8 Å². The van der Waals surface area contributed by atoms with E-state index in [1.807, 2.05) is 0 Å². The molecule has 1 heterocycles. The number of hydrogen-bond acceptors (Lipinski definition) is 4. The number of carbonyl (C=O) groups is 3. The highest BCUT2D eigenvalue weighted by atomic mass is 16.5. The van der Waals surface area contributed by atoms with Crippen LogP contribution in [-0.4, -0.2) is 34.8 Å². The van der Waals surface area contributed by atoms with E-state index < -0.39 is 6.10 Å². The number of carbonyl (C=O) groups excluding carboxylic acids is 3. The van der Waals surface area contributed by atoms with E-state index in [0.717, 1.165) is 0 Å². The van der Waals surface area contributed by atoms with E-state index in [9.17, 15) is 14.4 Å². The van der Waals surface area contributed by atoms with Crippen LogP contribution < -0.4 is 0 Å². The molecule has 1 saturated heterocycles. The van der Waals surface area contributed by atoms with Gasteiger partial charge in [-0.25, -0.2) is 0 Å². The molecule has 0 N–H and O–H groups in total. The number of nitrogens with zero attached hydrogens (tertiary/aromatic N) is 1. The first kappa shape index (κ1) is 13.7. The van der Waals surface area contributed by atoms with Crippen molar-refractivity contribution in [1.29, 1.82) is 0 Å². The van der Waals surface area contributed by atoms with Gasteiger partial charge in [0.2, 0.25) is 11.8 Å². The second-order valence-corrected chi connectivity index (χ2v) is 4.17. The van der Waals surface area contributed by atoms with Gasteiger partial charge in [-0.1, -0.05) is 13.8 Å². The lowest BCUT2D eigenvalue weighted by atomic mass is 10.1. The Morgan fingerprint density at radius 2 is 2.06 bits per heavy atom. The Kier molecular flexibility index (Phi) is 4.66. The van der Waals surface area contributed by atoms with Gasteiger partial charge in [-0.2, -0.15) is 0 Å². The Morgan fingerprint density at radius 1 is 1.41 bits per heavy atom. The van der Waals surface area contributed by atoms with Crippen LogP contribution in [-0.2, 0) is 19.1 Å². The van der Waals surface area contributed by atoms with Crippen LogP contribution in [0, 0.1) is 0 Å². The van der Waals surface area contributed by atoms with Crippen LogP contribution in [0.25, 0.3) is 0 Å². The first-order valence-corrected chi connectivity index (χ1v) is 6.05. The van der Waals surface area contributed by atoms with Gasteiger partial charge in [-0.15, -0.1) is 0 Å². The monoisotopic (exact) mass is 241 g/mol. The molecule has 17 heavy (non-hydrogen) atoms. The Bertz CT molecular complexity index is 326. The molecule has 1 fully saturated rings. The molecule has 0 aromatic rings. The van der Waals surface area contributed by atoms with Gasteiger partial charge in [0.1, 0.15) is 6.10 Å². The van der Waals surface area contributed by atoms with E-state index in [0.29, 0.717) is 19.3 Å². The molecular formula is C12H19NO4. The van der Waals surface area contributed by atoms with Crippen molar-refractivity contribution in [2.24, 2.45) is 0 Å². The lowest BCUT2D eigenvalue weighted by molar-refractivity contribution is -0.156. The average Bonchev–Trinajstić information content (AvgIpc) is 2.70. The molecule has 5 nitrogen and oxygen atoms in total. The van der Waals surface area contributed by atoms with E-state index in [4.69, 9.17) is 4.74 Å². The largest absolute Gasteiger partial charge is 0.460 e. The fourth-order valence-electron chi connectivity index (χ4n) is 2.01. The topological polar surface area (TPSA) is 63.7 Å². The van der Waals surface area contributed by atoms with Crippen molar-refractivity contribution in [3.05, 3.63) is 0 Å². The third-order valence-electron chi connectivity index (χ3n) is 2.97. The van der Waals surface area contributed by atoms with Crippen molar-refractivity contribution in [3.63, 3.8) is 0 Å². The van der Waals surface area contributed by atoms with Crippen LogP contribution in [0.5, 0.6) is 0 Å². The molecule has 0 spiro atoms. The molecule has 1 aliphatic rings. The highest BCUT2D eigenvalue weighted by molar-refractivity contribution is 5.97. The number of amides is 2. The molecule has 5 heteroatoms. The molecule has 0 aromatic heterocycles. The number of likely N-dealkylation sites (tertiary alicyclic amines) is 1. The quantitative estimate of drug-likeness (QED) is 0.695. The lowest BCUT2D eigenvalue weighted by Gasteiger charge is -2.27. The summed E-state index contributed by atoms with van der Waals surface area (Å²) in [6.07, 6.45) is 1.08. The normalized spacial score (nSPS) is 21.5. The van der Waals surface area contributed by atoms with Gasteiger partial charge in [-0.3, -0.25) is 19.3 Å². The summed E-state index contributed by atoms with van der Waals surface area (Å²) in [7, 11) is 0. The maximum atomic E-state index is 11.7. The lowest BCUT2D eigenvalue weighted by Crippen LogP contribution is -2.45. The summed E-state index contributed by atoms with van der Waals surface area (Å²) >= 11 is 0. The molecule has 0 aliphatic carbocycles. The fourth-order valence-corrected chi connectivity index (χ4v) is 2.01. The van der Waals surface area contributed by atoms with Crippen LogP contribution in [0.1, 0.15) is 46.5 Å². The number of imide groups is 1. The van der Waals surface area contributed by atoms with Gasteiger partial charge >= 0.3 is 5.97 Å². The van der Waals surface area contributed by atoms with Crippen LogP contribution in [0.4, 0.5) is 0 Å². The van der Waals surface area contributed by atoms with Gasteiger partial charge in [-0.05, 0) is 13.3 Å². The molecule has 0 saturated carbocycles. The minimum absolute atomic E-state index is 0.166. The van der Waals surface area contributed by atoms with E-state index in [1.165, 1.54) is 4.90 Å². The minimum Gasteiger partial charge on any atom is -0.460 e. The first-order valence-electron chi connectivity index (χ1n) is 6.05. The Balaban J connectivity index is 2.71. The number of ether oxygens (including phenoxy) is 1. The summed E-state index contributed by atoms with van der Waals surface area (Å²) in [5.74, 6) is -0.668. The first-order chi connectivity index (χ1) is 8.01. The van der Waals surface area contributed by atoms with Gasteiger partial charge < -0.3 is 4.74 Å². The van der Waals surface area contributed by atoms with Crippen LogP contribution in [0.3, 0.4) is 0 Å². The number of rotatable bonds is 4. The van der Waals surface area contributed by atoms with Gasteiger partial charge in [0, 0.05) is 19.3 Å². The van der Waals surface area contributed by atoms with Crippen LogP contribution in [0.2, 0.25) is 0 Å². The third-order valence-corrected chi connectivity index (χ3v) is 2.97. The Labute approximate surface area is 101 Å². The molecule has 2 unspecified atom stereocenters. The summed E-state index contributed by atoms with van der Waals surface area (Å²) in [5, 5.41) is 0. The average molecular weight is 241 g/mol. The Morgan fingerprint density at radius 3 is 2.59 bits per heavy atom. The SMILES string of the molecule is CCC(=O)OC(C)C1CCC(=O)N1C(=O)CC. The standard InChI is InChI=1S/C12H19NO4/c1-4-10(14)13-9(6-7-11(13)15)8(3)17-12(16)5-2/h8-9H,4-7H2,1-3H3. The predicted octanol–water partition coefficient (Wildman–Crippen LogP) is 1.26. The maximum Gasteiger partial charge on any atom is 0.305 e. The zero-order chi connectivity index (χ0) is 13.0. The zero-order valence-electron chi connectivity index (χ0n) is 10.6. The van der Waals surface area contributed by atoms with E-state index in [2.05, 4.69) is 0 Å². The summed E-state index contributed by atoms with van der Waals surface area (Å²) in [4.78, 5) is 35.7. The van der Waals surface area contributed by atoms with Gasteiger partial charge in [0.25, 0.3) is 0 Å². The fraction of sp³-hybridized carbons (Fsp3) is 0.750. The van der Waals surface area contributed by atoms with E-state index in [-0.39, 0.29) is 30.2 Å². The maximum absolute atomic E-state index is 11.7. The molecule has 0 aromatic carbocycles. The van der Waals surface area contributed by atoms with Crippen LogP contribution in [0.15, 0.2) is 0 Å². The van der Waals surface area contributed by atoms with Crippen molar-refractivity contribution in [1.82, 2.24) is 4.90 Å². The highest BCUT2D eigenvalue weighted by Gasteiger charge is 2.39. The summed E-state index contributed by atoms with van der Waals surface area (Å²) in [6.45, 7) is 5.16. The summed E-state index contributed by atoms with van der Waals surface area (Å²) in [5.41, 5.74) is 0. The molecule has 1 rings (SSSR count). The van der Waals surface area contributed by atoms with Crippen molar-refractivity contribution < 1.29 is 19.1 Å². The molecule has 96 valence electrons. The highest BCUT2D eigenvalue weighted by Crippen LogP contribution is 2.24. The van der Waals surface area contributed by atoms with Crippen molar-refractivity contribution in [2.75, 3.05) is 0 Å². The second-order valence-electron chi connectivity index (χ2n) is 4.17. The molecule has 0 bridgehead atoms. The molecule has 2 amide bonds. The van der Waals surface area contributed by atoms with Gasteiger partial charge in [0.15, 0.2) is 0 Å². The zero-order valence-corrected chi connectivity index (χ0v) is 10.6. The summed E-state index contributed by atoms with van der Waals surface area (Å²) in [6, 6.07) is -0.301. The molecule has 0 radical (unpaired) electrons. The third kappa shape index (κ3) is 3.05. The second kappa shape index (κ2) is 5.80. The minimum atomic E-state index is -0.426. The summed E-state index contributed by atoms with van der Waals surface area (Å²) < 4.78 is 5.17. The van der Waals surface area contributed by atoms with Crippen LogP contribution >= 0.6 is 0 Å². The van der Waals surface area contributed by atoms with E-state index in [1.54, 1.807) is 20.8 Å². The molecule has 1 aliphatic heterocycles. The Hall–Kier alpha value is -1.39.